The molecule has 1 aromatic carbocycles. The number of aromatic amines is 1. The van der Waals surface area contributed by atoms with Gasteiger partial charge in [0, 0.05) is 11.1 Å². The quantitative estimate of drug-likeness (QED) is 0.239. The number of aromatic hydroxyl groups is 1. The third-order valence-electron chi connectivity index (χ3n) is 3.20. The lowest BCUT2D eigenvalue weighted by atomic mass is 10.1. The van der Waals surface area contributed by atoms with Crippen LogP contribution in [0.2, 0.25) is 0 Å². The fourth-order valence-corrected chi connectivity index (χ4v) is 2.74. The first kappa shape index (κ1) is 20.5. The molecule has 2 aromatic rings. The Labute approximate surface area is 162 Å². The molecule has 0 saturated carbocycles. The van der Waals surface area contributed by atoms with Gasteiger partial charge in [0.25, 0.3) is 0 Å². The zero-order valence-corrected chi connectivity index (χ0v) is 16.4. The number of aromatic nitrogens is 3. The summed E-state index contributed by atoms with van der Waals surface area (Å²) < 4.78 is 0. The standard InChI is InChI=1S/C18H24N6O2S/c1-5-7-12-8-6-9-13(15(12)26)10-19-22-16-20-17(24-23-16)27-11-14(25)21-18(2,3)4/h5-6,8-10,26H,1,7,11H2,2-4H3,(H,21,25)(H2,20,22,23,24)/b19-10-. The van der Waals surface area contributed by atoms with Crippen molar-refractivity contribution in [3.63, 3.8) is 0 Å². The van der Waals surface area contributed by atoms with Gasteiger partial charge in [-0.05, 0) is 38.8 Å². The number of hydrogen-bond donors (Lipinski definition) is 4. The third-order valence-corrected chi connectivity index (χ3v) is 4.05. The molecule has 0 fully saturated rings. The minimum atomic E-state index is -0.271. The number of phenolic OH excluding ortho intramolecular Hbond substituents is 1. The fourth-order valence-electron chi connectivity index (χ4n) is 2.14. The van der Waals surface area contributed by atoms with E-state index in [-0.39, 0.29) is 22.9 Å². The first-order chi connectivity index (χ1) is 12.8. The van der Waals surface area contributed by atoms with Crippen LogP contribution in [-0.2, 0) is 11.2 Å². The van der Waals surface area contributed by atoms with Gasteiger partial charge in [0.1, 0.15) is 5.75 Å². The third kappa shape index (κ3) is 6.78. The van der Waals surface area contributed by atoms with E-state index in [4.69, 9.17) is 0 Å². The number of phenols is 1. The number of carbonyl (C=O) groups is 1. The Hall–Kier alpha value is -2.81. The topological polar surface area (TPSA) is 115 Å². The number of thioether (sulfide) groups is 1. The molecule has 0 unspecified atom stereocenters. The molecule has 0 bridgehead atoms. The summed E-state index contributed by atoms with van der Waals surface area (Å²) in [6, 6.07) is 5.42. The minimum absolute atomic E-state index is 0.0836. The summed E-state index contributed by atoms with van der Waals surface area (Å²) in [5.41, 5.74) is 3.80. The summed E-state index contributed by atoms with van der Waals surface area (Å²) in [5.74, 6) is 0.648. The van der Waals surface area contributed by atoms with Gasteiger partial charge < -0.3 is 10.4 Å². The number of hydrogen-bond acceptors (Lipinski definition) is 7. The predicted molar refractivity (Wildman–Crippen MR) is 108 cm³/mol. The Morgan fingerprint density at radius 2 is 2.22 bits per heavy atom. The molecular weight excluding hydrogens is 364 g/mol. The molecule has 0 atom stereocenters. The maximum atomic E-state index is 11.8. The summed E-state index contributed by atoms with van der Waals surface area (Å²) in [4.78, 5) is 16.0. The van der Waals surface area contributed by atoms with Crippen molar-refractivity contribution in [2.24, 2.45) is 5.10 Å². The van der Waals surface area contributed by atoms with Crippen molar-refractivity contribution in [2.45, 2.75) is 37.9 Å². The van der Waals surface area contributed by atoms with Gasteiger partial charge >= 0.3 is 0 Å². The molecular formula is C18H24N6O2S. The van der Waals surface area contributed by atoms with E-state index in [1.165, 1.54) is 18.0 Å². The van der Waals surface area contributed by atoms with Crippen LogP contribution in [0.5, 0.6) is 5.75 Å². The number of benzene rings is 1. The highest BCUT2D eigenvalue weighted by Gasteiger charge is 2.14. The van der Waals surface area contributed by atoms with Crippen LogP contribution >= 0.6 is 11.8 Å². The summed E-state index contributed by atoms with van der Waals surface area (Å²) in [6.07, 6.45) is 3.80. The zero-order valence-electron chi connectivity index (χ0n) is 15.6. The van der Waals surface area contributed by atoms with Crippen molar-refractivity contribution in [1.29, 1.82) is 0 Å². The SMILES string of the molecule is C=CCc1cccc(/C=N\Nc2nc(SCC(=O)NC(C)(C)C)n[nH]2)c1O. The van der Waals surface area contributed by atoms with Gasteiger partial charge in [0.2, 0.25) is 17.0 Å². The molecule has 0 aliphatic heterocycles. The van der Waals surface area contributed by atoms with Crippen LogP contribution in [0, 0.1) is 0 Å². The molecule has 9 heteroatoms. The molecule has 1 aromatic heterocycles. The number of H-pyrrole nitrogens is 1. The van der Waals surface area contributed by atoms with Crippen molar-refractivity contribution >= 4 is 29.8 Å². The molecule has 0 aliphatic carbocycles. The van der Waals surface area contributed by atoms with E-state index in [2.05, 4.69) is 37.6 Å². The molecule has 0 aliphatic rings. The normalized spacial score (nSPS) is 11.5. The first-order valence-electron chi connectivity index (χ1n) is 8.35. The van der Waals surface area contributed by atoms with Gasteiger partial charge in [-0.1, -0.05) is 30.0 Å². The average molecular weight is 388 g/mol. The number of nitrogens with zero attached hydrogens (tertiary/aromatic N) is 3. The average Bonchev–Trinajstić information content (AvgIpc) is 3.03. The number of rotatable bonds is 8. The van der Waals surface area contributed by atoms with Crippen molar-refractivity contribution < 1.29 is 9.90 Å². The number of amides is 1. The Bertz CT molecular complexity index is 825. The highest BCUT2D eigenvalue weighted by atomic mass is 32.2. The molecule has 1 amide bonds. The summed E-state index contributed by atoms with van der Waals surface area (Å²) in [7, 11) is 0. The van der Waals surface area contributed by atoms with E-state index < -0.39 is 0 Å². The molecule has 8 nitrogen and oxygen atoms in total. The summed E-state index contributed by atoms with van der Waals surface area (Å²) >= 11 is 1.22. The number of para-hydroxylation sites is 1. The Morgan fingerprint density at radius 1 is 1.44 bits per heavy atom. The summed E-state index contributed by atoms with van der Waals surface area (Å²) in [6.45, 7) is 9.44. The van der Waals surface area contributed by atoms with Crippen LogP contribution in [0.3, 0.4) is 0 Å². The van der Waals surface area contributed by atoms with Crippen LogP contribution < -0.4 is 10.7 Å². The van der Waals surface area contributed by atoms with Gasteiger partial charge in [-0.2, -0.15) is 10.1 Å². The van der Waals surface area contributed by atoms with Gasteiger partial charge in [0.15, 0.2) is 0 Å². The number of hydrazone groups is 1. The predicted octanol–water partition coefficient (Wildman–Crippen LogP) is 2.69. The second-order valence-corrected chi connectivity index (χ2v) is 7.71. The highest BCUT2D eigenvalue weighted by molar-refractivity contribution is 7.99. The molecule has 27 heavy (non-hydrogen) atoms. The Morgan fingerprint density at radius 3 is 2.93 bits per heavy atom. The first-order valence-corrected chi connectivity index (χ1v) is 9.34. The van der Waals surface area contributed by atoms with Crippen molar-refractivity contribution in [3.05, 3.63) is 42.0 Å². The van der Waals surface area contributed by atoms with E-state index in [0.29, 0.717) is 23.1 Å². The van der Waals surface area contributed by atoms with E-state index in [0.717, 1.165) is 5.56 Å². The van der Waals surface area contributed by atoms with Crippen molar-refractivity contribution in [1.82, 2.24) is 20.5 Å². The number of carbonyl (C=O) groups excluding carboxylic acids is 1. The van der Waals surface area contributed by atoms with E-state index >= 15 is 0 Å². The van der Waals surface area contributed by atoms with Gasteiger partial charge in [-0.25, -0.2) is 10.5 Å². The number of allylic oxidation sites excluding steroid dienone is 1. The largest absolute Gasteiger partial charge is 0.507 e. The second kappa shape index (κ2) is 9.22. The van der Waals surface area contributed by atoms with Crippen LogP contribution in [0.1, 0.15) is 31.9 Å². The monoisotopic (exact) mass is 388 g/mol. The lowest BCUT2D eigenvalue weighted by Crippen LogP contribution is -2.41. The molecule has 144 valence electrons. The van der Waals surface area contributed by atoms with E-state index in [9.17, 15) is 9.90 Å². The lowest BCUT2D eigenvalue weighted by molar-refractivity contribution is -0.119. The zero-order chi connectivity index (χ0) is 19.9. The molecule has 0 saturated heterocycles. The Balaban J connectivity index is 1.89. The maximum Gasteiger partial charge on any atom is 0.240 e. The minimum Gasteiger partial charge on any atom is -0.507 e. The highest BCUT2D eigenvalue weighted by Crippen LogP contribution is 2.21. The van der Waals surface area contributed by atoms with E-state index in [1.54, 1.807) is 12.1 Å². The molecule has 2 rings (SSSR count). The van der Waals surface area contributed by atoms with Gasteiger partial charge in [0.05, 0.1) is 12.0 Å². The lowest BCUT2D eigenvalue weighted by Gasteiger charge is -2.19. The number of nitrogens with one attached hydrogen (secondary N) is 3. The van der Waals surface area contributed by atoms with Crippen LogP contribution in [-0.4, -0.2) is 43.7 Å². The van der Waals surface area contributed by atoms with Crippen LogP contribution in [0.4, 0.5) is 5.95 Å². The summed E-state index contributed by atoms with van der Waals surface area (Å²) in [5, 5.41) is 24.3. The number of anilines is 1. The van der Waals surface area contributed by atoms with Crippen molar-refractivity contribution in [2.75, 3.05) is 11.2 Å². The maximum absolute atomic E-state index is 11.8. The molecule has 0 spiro atoms. The Kier molecular flexibility index (Phi) is 7.00. The van der Waals surface area contributed by atoms with Gasteiger partial charge in [-0.15, -0.1) is 11.7 Å². The molecule has 1 heterocycles. The van der Waals surface area contributed by atoms with Gasteiger partial charge in [-0.3, -0.25) is 4.79 Å². The molecule has 0 radical (unpaired) electrons. The van der Waals surface area contributed by atoms with Crippen LogP contribution in [0.15, 0.2) is 41.1 Å². The van der Waals surface area contributed by atoms with Crippen molar-refractivity contribution in [3.8, 4) is 5.75 Å². The smallest absolute Gasteiger partial charge is 0.240 e. The van der Waals surface area contributed by atoms with E-state index in [1.807, 2.05) is 32.9 Å². The van der Waals surface area contributed by atoms with Crippen LogP contribution in [0.25, 0.3) is 0 Å². The molecule has 4 N–H and O–H groups in total. The fraction of sp³-hybridized carbons (Fsp3) is 0.333. The second-order valence-electron chi connectivity index (χ2n) is 6.77.